The molecule has 1 aliphatic heterocycles. The van der Waals surface area contributed by atoms with Gasteiger partial charge in [-0.1, -0.05) is 6.92 Å². The maximum atomic E-state index is 11.2. The van der Waals surface area contributed by atoms with E-state index in [2.05, 4.69) is 27.7 Å². The molecule has 0 aromatic heterocycles. The van der Waals surface area contributed by atoms with Gasteiger partial charge >= 0.3 is 19.0 Å². The van der Waals surface area contributed by atoms with Crippen LogP contribution >= 0.6 is 0 Å². The number of halogens is 8. The van der Waals surface area contributed by atoms with Crippen molar-refractivity contribution in [1.82, 2.24) is 0 Å². The zero-order valence-corrected chi connectivity index (χ0v) is 14.9. The van der Waals surface area contributed by atoms with Gasteiger partial charge in [0.05, 0.1) is 25.2 Å². The van der Waals surface area contributed by atoms with Crippen LogP contribution in [0.1, 0.15) is 47.0 Å². The lowest BCUT2D eigenvalue weighted by molar-refractivity contribution is -0.976. The van der Waals surface area contributed by atoms with Gasteiger partial charge in [0.2, 0.25) is 0 Å². The van der Waals surface area contributed by atoms with Crippen LogP contribution in [-0.4, -0.2) is 55.4 Å². The molecule has 1 rings (SSSR count). The Morgan fingerprint density at radius 3 is 1.60 bits per heavy atom. The van der Waals surface area contributed by atoms with Crippen molar-refractivity contribution in [1.29, 1.82) is 0 Å². The van der Waals surface area contributed by atoms with Crippen molar-refractivity contribution in [3.05, 3.63) is 0 Å². The molecule has 0 amide bonds. The number of rotatable bonds is 5. The first kappa shape index (κ1) is 24.4. The number of nitrogens with zero attached hydrogens (tertiary/aromatic N) is 1. The molecular formula is C14H26BF8NO. The van der Waals surface area contributed by atoms with E-state index in [0.717, 1.165) is 24.2 Å². The number of likely N-dealkylation sites (tertiary alicyclic amines) is 1. The van der Waals surface area contributed by atoms with Gasteiger partial charge in [-0.2, -0.15) is 13.2 Å². The monoisotopic (exact) mass is 387 g/mol. The van der Waals surface area contributed by atoms with Crippen molar-refractivity contribution in [3.8, 4) is 0 Å². The highest BCUT2D eigenvalue weighted by Crippen LogP contribution is 2.44. The Hall–Kier alpha value is -0.575. The summed E-state index contributed by atoms with van der Waals surface area (Å²) in [4.78, 5) is 0. The fraction of sp³-hybridized carbons (Fsp3) is 1.00. The lowest BCUT2D eigenvalue weighted by Crippen LogP contribution is -2.59. The molecule has 0 aromatic carbocycles. The summed E-state index contributed by atoms with van der Waals surface area (Å²) < 4.78 is 94.7. The van der Waals surface area contributed by atoms with Gasteiger partial charge in [0.1, 0.15) is 0 Å². The Morgan fingerprint density at radius 2 is 1.36 bits per heavy atom. The van der Waals surface area contributed by atoms with E-state index in [4.69, 9.17) is 4.74 Å². The molecule has 0 aromatic rings. The first-order valence-electron chi connectivity index (χ1n) is 8.09. The van der Waals surface area contributed by atoms with Crippen LogP contribution in [0.2, 0.25) is 0 Å². The quantitative estimate of drug-likeness (QED) is 0.268. The summed E-state index contributed by atoms with van der Waals surface area (Å²) in [5.41, 5.74) is 0.338. The van der Waals surface area contributed by atoms with E-state index in [1.54, 1.807) is 0 Å². The van der Waals surface area contributed by atoms with Crippen LogP contribution in [0.25, 0.3) is 0 Å². The largest absolute Gasteiger partial charge is 0.558 e. The molecule has 0 radical (unpaired) electrons. The second-order valence-electron chi connectivity index (χ2n) is 7.20. The van der Waals surface area contributed by atoms with Crippen LogP contribution < -0.4 is 0 Å². The zero-order valence-electron chi connectivity index (χ0n) is 14.9. The molecule has 0 saturated carbocycles. The van der Waals surface area contributed by atoms with E-state index in [-0.39, 0.29) is 0 Å². The lowest BCUT2D eigenvalue weighted by Gasteiger charge is -2.45. The number of quaternary nitrogens is 1. The maximum absolute atomic E-state index is 11.2. The van der Waals surface area contributed by atoms with E-state index >= 15 is 0 Å². The fourth-order valence-electron chi connectivity index (χ4n) is 2.50. The van der Waals surface area contributed by atoms with E-state index in [0.29, 0.717) is 5.54 Å². The molecule has 0 aliphatic carbocycles. The van der Waals surface area contributed by atoms with Gasteiger partial charge in [-0.15, -0.1) is 0 Å². The summed E-state index contributed by atoms with van der Waals surface area (Å²) in [6.45, 7) is 6.41. The fourth-order valence-corrected chi connectivity index (χ4v) is 2.50. The minimum absolute atomic E-state index is 0.338. The van der Waals surface area contributed by atoms with Gasteiger partial charge < -0.3 is 17.7 Å². The average Bonchev–Trinajstić information content (AvgIpc) is 2.87. The van der Waals surface area contributed by atoms with Crippen LogP contribution in [0.15, 0.2) is 0 Å². The smallest absolute Gasteiger partial charge is 0.445 e. The van der Waals surface area contributed by atoms with Gasteiger partial charge in [0, 0.05) is 12.8 Å². The van der Waals surface area contributed by atoms with Crippen molar-refractivity contribution in [2.24, 2.45) is 0 Å². The number of hydrogen-bond acceptors (Lipinski definition) is 1. The molecule has 0 unspecified atom stereocenters. The number of alkyl halides is 5. The molecular weight excluding hydrogens is 361 g/mol. The van der Waals surface area contributed by atoms with Crippen molar-refractivity contribution in [2.45, 2.75) is 64.5 Å². The van der Waals surface area contributed by atoms with Crippen molar-refractivity contribution in [3.63, 3.8) is 0 Å². The van der Waals surface area contributed by atoms with Crippen LogP contribution in [-0.2, 0) is 4.74 Å². The highest BCUT2D eigenvalue weighted by molar-refractivity contribution is 6.61. The molecule has 1 saturated heterocycles. The summed E-state index contributed by atoms with van der Waals surface area (Å²) in [7, 11) is 0. The average molecular weight is 387 g/mol. The minimum atomic E-state index is -7.21. The van der Waals surface area contributed by atoms with Crippen molar-refractivity contribution in [2.75, 3.05) is 26.4 Å². The second-order valence-corrected chi connectivity index (χ2v) is 7.20. The van der Waals surface area contributed by atoms with Crippen LogP contribution in [0.3, 0.4) is 0 Å². The maximum Gasteiger partial charge on any atom is 0.558 e. The zero-order chi connectivity index (χ0) is 20.2. The van der Waals surface area contributed by atoms with E-state index in [9.17, 15) is 34.9 Å². The van der Waals surface area contributed by atoms with Gasteiger partial charge in [-0.05, 0) is 27.2 Å². The molecule has 1 aliphatic rings. The molecule has 0 N–H and O–H groups in total. The number of hydrogen-bond donors (Lipinski definition) is 0. The summed E-state index contributed by atoms with van der Waals surface area (Å²) in [5, 5.41) is 0. The first-order valence-corrected chi connectivity index (χ1v) is 8.09. The van der Waals surface area contributed by atoms with Gasteiger partial charge in [-0.25, -0.2) is 8.78 Å². The molecule has 2 nitrogen and oxygen atoms in total. The lowest BCUT2D eigenvalue weighted by atomic mass is 9.80. The topological polar surface area (TPSA) is 9.23 Å². The van der Waals surface area contributed by atoms with Crippen LogP contribution in [0.5, 0.6) is 0 Å². The molecule has 25 heavy (non-hydrogen) atoms. The third-order valence-corrected chi connectivity index (χ3v) is 4.32. The van der Waals surface area contributed by atoms with Gasteiger partial charge in [0.15, 0.2) is 6.73 Å². The van der Waals surface area contributed by atoms with Gasteiger partial charge in [0.25, 0.3) is 0 Å². The second kappa shape index (κ2) is 8.41. The highest BCUT2D eigenvalue weighted by atomic mass is 19.4. The van der Waals surface area contributed by atoms with Crippen molar-refractivity contribution >= 4 is 6.98 Å². The first-order chi connectivity index (χ1) is 11.0. The summed E-state index contributed by atoms with van der Waals surface area (Å²) >= 11 is 0. The normalized spacial score (nSPS) is 18.7. The summed E-state index contributed by atoms with van der Waals surface area (Å²) in [6.07, 6.45) is -2.69. The Labute approximate surface area is 143 Å². The molecule has 0 atom stereocenters. The number of ether oxygens (including phenoxy) is 1. The SMILES string of the molecule is CCCOC[N+]1(C(C)(C)C)CCCC1.F[B-](F)(F)C(F)(F)C(F)(F)F. The predicted molar refractivity (Wildman–Crippen MR) is 80.2 cm³/mol. The Morgan fingerprint density at radius 1 is 0.920 bits per heavy atom. The molecule has 152 valence electrons. The Kier molecular flexibility index (Phi) is 8.22. The molecule has 11 heteroatoms. The third kappa shape index (κ3) is 6.27. The van der Waals surface area contributed by atoms with Crippen LogP contribution in [0, 0.1) is 0 Å². The van der Waals surface area contributed by atoms with E-state index in [1.807, 2.05) is 0 Å². The van der Waals surface area contributed by atoms with Crippen molar-refractivity contribution < 1.29 is 44.1 Å². The molecule has 1 fully saturated rings. The van der Waals surface area contributed by atoms with E-state index in [1.165, 1.54) is 25.9 Å². The standard InChI is InChI=1S/C12H26NO.C2BF8/c1-5-10-14-11-13(12(2,3)4)8-6-7-9-13;4-1(5,2(6,7)8)3(9,10)11/h5-11H2,1-4H3;/q+1;-1. The molecule has 1 heterocycles. The Balaban J connectivity index is 0.000000477. The Bertz CT molecular complexity index is 381. The molecule has 0 spiro atoms. The van der Waals surface area contributed by atoms with Gasteiger partial charge in [-0.3, -0.25) is 4.48 Å². The summed E-state index contributed by atoms with van der Waals surface area (Å²) in [6, 6.07) is 0. The molecule has 0 bridgehead atoms. The predicted octanol–water partition coefficient (Wildman–Crippen LogP) is 5.35. The highest BCUT2D eigenvalue weighted by Gasteiger charge is 2.69. The minimum Gasteiger partial charge on any atom is -0.445 e. The summed E-state index contributed by atoms with van der Waals surface area (Å²) in [5.74, 6) is -6.56. The third-order valence-electron chi connectivity index (χ3n) is 4.32. The van der Waals surface area contributed by atoms with E-state index < -0.39 is 19.0 Å². The van der Waals surface area contributed by atoms with Crippen LogP contribution in [0.4, 0.5) is 34.9 Å².